The van der Waals surface area contributed by atoms with Crippen molar-refractivity contribution in [3.63, 3.8) is 0 Å². The van der Waals surface area contributed by atoms with Crippen molar-refractivity contribution in [1.29, 1.82) is 0 Å². The number of aliphatic hydroxyl groups excluding tert-OH is 1. The molecule has 166 valence electrons. The number of aliphatic hydroxyl groups is 1. The molecule has 1 aromatic rings. The van der Waals surface area contributed by atoms with Crippen LogP contribution >= 0.6 is 0 Å². The molecule has 1 aliphatic heterocycles. The van der Waals surface area contributed by atoms with Crippen molar-refractivity contribution in [2.24, 2.45) is 0 Å². The molecule has 1 amide bonds. The zero-order valence-electron chi connectivity index (χ0n) is 18.5. The molecular formula is C25H37NO4. The van der Waals surface area contributed by atoms with Crippen LogP contribution in [0.1, 0.15) is 70.8 Å². The summed E-state index contributed by atoms with van der Waals surface area (Å²) in [7, 11) is 0. The second-order valence-corrected chi connectivity index (χ2v) is 8.39. The first-order valence-corrected chi connectivity index (χ1v) is 11.3. The molecule has 1 heterocycles. The maximum atomic E-state index is 12.4. The molecule has 2 rings (SSSR count). The van der Waals surface area contributed by atoms with Gasteiger partial charge in [-0.3, -0.25) is 9.59 Å². The van der Waals surface area contributed by atoms with E-state index in [1.54, 1.807) is 0 Å². The number of carbonyl (C=O) groups is 2. The zero-order chi connectivity index (χ0) is 21.8. The van der Waals surface area contributed by atoms with Crippen molar-refractivity contribution < 1.29 is 19.4 Å². The number of hydrogen-bond acceptors (Lipinski definition) is 4. The van der Waals surface area contributed by atoms with Crippen molar-refractivity contribution in [3.8, 4) is 0 Å². The molecule has 0 aromatic heterocycles. The lowest BCUT2D eigenvalue weighted by atomic mass is 9.99. The Bertz CT molecular complexity index is 671. The number of rotatable bonds is 12. The van der Waals surface area contributed by atoms with E-state index < -0.39 is 6.10 Å². The number of esters is 1. The van der Waals surface area contributed by atoms with Gasteiger partial charge in [-0.1, -0.05) is 55.3 Å². The highest BCUT2D eigenvalue weighted by molar-refractivity contribution is 5.77. The van der Waals surface area contributed by atoms with E-state index in [1.165, 1.54) is 0 Å². The van der Waals surface area contributed by atoms with Gasteiger partial charge in [0.1, 0.15) is 0 Å². The highest BCUT2D eigenvalue weighted by atomic mass is 16.5. The number of amides is 1. The van der Waals surface area contributed by atoms with E-state index in [0.717, 1.165) is 50.6 Å². The lowest BCUT2D eigenvalue weighted by Crippen LogP contribution is -2.43. The van der Waals surface area contributed by atoms with Crippen LogP contribution in [0.25, 0.3) is 0 Å². The van der Waals surface area contributed by atoms with Gasteiger partial charge in [0.15, 0.2) is 0 Å². The number of carbonyl (C=O) groups excluding carboxylic acids is 2. The molecule has 0 aliphatic carbocycles. The van der Waals surface area contributed by atoms with Crippen molar-refractivity contribution >= 4 is 11.9 Å². The van der Waals surface area contributed by atoms with Crippen LogP contribution in [0.4, 0.5) is 0 Å². The second-order valence-electron chi connectivity index (χ2n) is 8.39. The van der Waals surface area contributed by atoms with Crippen LogP contribution in [-0.2, 0) is 20.7 Å². The molecule has 1 N–H and O–H groups in total. The fourth-order valence-corrected chi connectivity index (χ4v) is 3.84. The molecule has 0 spiro atoms. The van der Waals surface area contributed by atoms with Gasteiger partial charge in [0.25, 0.3) is 0 Å². The molecule has 1 aromatic carbocycles. The van der Waals surface area contributed by atoms with Gasteiger partial charge >= 0.3 is 5.97 Å². The van der Waals surface area contributed by atoms with Crippen molar-refractivity contribution in [1.82, 2.24) is 4.90 Å². The molecule has 1 unspecified atom stereocenters. The fraction of sp³-hybridized carbons (Fsp3) is 0.600. The van der Waals surface area contributed by atoms with Gasteiger partial charge in [-0.05, 0) is 45.1 Å². The minimum atomic E-state index is -0.545. The van der Waals surface area contributed by atoms with Gasteiger partial charge in [-0.25, -0.2) is 0 Å². The minimum Gasteiger partial charge on any atom is -0.463 e. The predicted molar refractivity (Wildman–Crippen MR) is 119 cm³/mol. The number of benzene rings is 1. The Morgan fingerprint density at radius 1 is 1.20 bits per heavy atom. The summed E-state index contributed by atoms with van der Waals surface area (Å²) in [6, 6.07) is 10.00. The van der Waals surface area contributed by atoms with E-state index >= 15 is 0 Å². The summed E-state index contributed by atoms with van der Waals surface area (Å²) in [5.41, 5.74) is 1.10. The van der Waals surface area contributed by atoms with E-state index in [-0.39, 0.29) is 24.0 Å². The molecule has 1 saturated heterocycles. The highest BCUT2D eigenvalue weighted by Crippen LogP contribution is 2.21. The maximum Gasteiger partial charge on any atom is 0.306 e. The molecule has 2 atom stereocenters. The summed E-state index contributed by atoms with van der Waals surface area (Å²) >= 11 is 0. The molecule has 5 heteroatoms. The van der Waals surface area contributed by atoms with E-state index in [4.69, 9.17) is 4.74 Å². The van der Waals surface area contributed by atoms with Crippen molar-refractivity contribution in [2.75, 3.05) is 6.54 Å². The third-order valence-corrected chi connectivity index (χ3v) is 5.35. The fourth-order valence-electron chi connectivity index (χ4n) is 3.84. The van der Waals surface area contributed by atoms with E-state index in [1.807, 2.05) is 61.2 Å². The molecule has 30 heavy (non-hydrogen) atoms. The Labute approximate surface area is 181 Å². The van der Waals surface area contributed by atoms with Crippen LogP contribution in [0.2, 0.25) is 0 Å². The standard InChI is InChI=1S/C25H37NO4/c1-20(2)30-25(29)15-8-3-4-9-18-26-22(13-10-14-24(26)28)16-17-23(27)19-21-11-6-5-7-12-21/h5-7,11-12,16-17,20,22-23,27H,3-4,8-10,13-15,18-19H2,1-2H3/b17-16+/t22?,23-/m0/s1. The smallest absolute Gasteiger partial charge is 0.306 e. The topological polar surface area (TPSA) is 66.8 Å². The number of piperidine rings is 1. The van der Waals surface area contributed by atoms with Crippen molar-refractivity contribution in [2.45, 2.75) is 89.9 Å². The van der Waals surface area contributed by atoms with E-state index in [0.29, 0.717) is 19.3 Å². The zero-order valence-corrected chi connectivity index (χ0v) is 18.5. The summed E-state index contributed by atoms with van der Waals surface area (Å²) < 4.78 is 5.14. The van der Waals surface area contributed by atoms with Gasteiger partial charge in [0.2, 0.25) is 5.91 Å². The molecule has 0 radical (unpaired) electrons. The van der Waals surface area contributed by atoms with Gasteiger partial charge in [-0.15, -0.1) is 0 Å². The summed E-state index contributed by atoms with van der Waals surface area (Å²) in [5.74, 6) is 0.0735. The lowest BCUT2D eigenvalue weighted by molar-refractivity contribution is -0.147. The SMILES string of the molecule is CC(C)OC(=O)CCCCCCN1C(=O)CCCC1/C=C/[C@H](O)Cc1ccccc1. The minimum absolute atomic E-state index is 0.0567. The molecule has 0 saturated carbocycles. The maximum absolute atomic E-state index is 12.4. The summed E-state index contributed by atoms with van der Waals surface area (Å²) in [6.07, 6.45) is 10.5. The Balaban J connectivity index is 1.73. The highest BCUT2D eigenvalue weighted by Gasteiger charge is 2.25. The molecule has 1 fully saturated rings. The van der Waals surface area contributed by atoms with E-state index in [9.17, 15) is 14.7 Å². The largest absolute Gasteiger partial charge is 0.463 e. The normalized spacial score (nSPS) is 18.2. The van der Waals surface area contributed by atoms with E-state index in [2.05, 4.69) is 0 Å². The summed E-state index contributed by atoms with van der Waals surface area (Å²) in [4.78, 5) is 25.9. The first kappa shape index (κ1) is 24.1. The molecular weight excluding hydrogens is 378 g/mol. The number of nitrogens with zero attached hydrogens (tertiary/aromatic N) is 1. The average molecular weight is 416 g/mol. The van der Waals surface area contributed by atoms with Crippen molar-refractivity contribution in [3.05, 3.63) is 48.0 Å². The number of likely N-dealkylation sites (tertiary alicyclic amines) is 1. The molecule has 1 aliphatic rings. The molecule has 5 nitrogen and oxygen atoms in total. The first-order chi connectivity index (χ1) is 14.5. The van der Waals surface area contributed by atoms with Crippen LogP contribution in [0.3, 0.4) is 0 Å². The third-order valence-electron chi connectivity index (χ3n) is 5.35. The lowest BCUT2D eigenvalue weighted by Gasteiger charge is -2.34. The quantitative estimate of drug-likeness (QED) is 0.312. The van der Waals surface area contributed by atoms with Crippen LogP contribution < -0.4 is 0 Å². The van der Waals surface area contributed by atoms with Crippen LogP contribution in [0.15, 0.2) is 42.5 Å². The Kier molecular flexibility index (Phi) is 10.6. The Morgan fingerprint density at radius 2 is 1.93 bits per heavy atom. The van der Waals surface area contributed by atoms with Crippen LogP contribution in [-0.4, -0.2) is 46.7 Å². The predicted octanol–water partition coefficient (Wildman–Crippen LogP) is 4.43. The monoisotopic (exact) mass is 415 g/mol. The summed E-state index contributed by atoms with van der Waals surface area (Å²) in [5, 5.41) is 10.3. The number of ether oxygens (including phenoxy) is 1. The average Bonchev–Trinajstić information content (AvgIpc) is 2.70. The van der Waals surface area contributed by atoms with Gasteiger partial charge in [0.05, 0.1) is 18.2 Å². The Hall–Kier alpha value is -2.14. The first-order valence-electron chi connectivity index (χ1n) is 11.3. The number of hydrogen-bond donors (Lipinski definition) is 1. The van der Waals surface area contributed by atoms with Crippen LogP contribution in [0.5, 0.6) is 0 Å². The number of unbranched alkanes of at least 4 members (excludes halogenated alkanes) is 3. The second kappa shape index (κ2) is 13.2. The summed E-state index contributed by atoms with van der Waals surface area (Å²) in [6.45, 7) is 4.46. The van der Waals surface area contributed by atoms with Gasteiger partial charge in [-0.2, -0.15) is 0 Å². The van der Waals surface area contributed by atoms with Gasteiger partial charge in [0, 0.05) is 25.8 Å². The third kappa shape index (κ3) is 9.12. The van der Waals surface area contributed by atoms with Gasteiger partial charge < -0.3 is 14.7 Å². The van der Waals surface area contributed by atoms with Crippen LogP contribution in [0, 0.1) is 0 Å². The Morgan fingerprint density at radius 3 is 2.67 bits per heavy atom. The molecule has 0 bridgehead atoms.